The van der Waals surface area contributed by atoms with E-state index in [1.165, 1.54) is 45.4 Å². The fourth-order valence-electron chi connectivity index (χ4n) is 4.14. The molecule has 0 saturated carbocycles. The van der Waals surface area contributed by atoms with Crippen LogP contribution in [-0.2, 0) is 4.74 Å². The Balaban J connectivity index is 1.58. The second-order valence-electron chi connectivity index (χ2n) is 6.07. The van der Waals surface area contributed by atoms with E-state index in [-0.39, 0.29) is 0 Å². The van der Waals surface area contributed by atoms with Crippen LogP contribution in [0.25, 0.3) is 0 Å². The number of ether oxygens (including phenoxy) is 1. The summed E-state index contributed by atoms with van der Waals surface area (Å²) in [4.78, 5) is 2.80. The molecule has 0 spiro atoms. The SMILES string of the molecule is CCC1C2CNCC2CN1CC1CCOCC1. The van der Waals surface area contributed by atoms with E-state index in [0.717, 1.165) is 37.0 Å². The molecule has 3 fully saturated rings. The zero-order valence-electron chi connectivity index (χ0n) is 11.0. The number of hydrogen-bond donors (Lipinski definition) is 1. The molecule has 0 radical (unpaired) electrons. The minimum atomic E-state index is 0.845. The van der Waals surface area contributed by atoms with Crippen molar-refractivity contribution in [2.75, 3.05) is 39.4 Å². The average molecular weight is 238 g/mol. The van der Waals surface area contributed by atoms with Crippen LogP contribution < -0.4 is 5.32 Å². The van der Waals surface area contributed by atoms with Crippen molar-refractivity contribution in [3.8, 4) is 0 Å². The van der Waals surface area contributed by atoms with E-state index in [4.69, 9.17) is 4.74 Å². The van der Waals surface area contributed by atoms with Crippen LogP contribution in [0.2, 0.25) is 0 Å². The monoisotopic (exact) mass is 238 g/mol. The van der Waals surface area contributed by atoms with Crippen molar-refractivity contribution in [1.29, 1.82) is 0 Å². The molecule has 0 amide bonds. The number of nitrogens with zero attached hydrogens (tertiary/aromatic N) is 1. The summed E-state index contributed by atoms with van der Waals surface area (Å²) in [6, 6.07) is 0.845. The van der Waals surface area contributed by atoms with Gasteiger partial charge >= 0.3 is 0 Å². The van der Waals surface area contributed by atoms with Crippen LogP contribution >= 0.6 is 0 Å². The van der Waals surface area contributed by atoms with Crippen LogP contribution in [0.5, 0.6) is 0 Å². The topological polar surface area (TPSA) is 24.5 Å². The standard InChI is InChI=1S/C14H26N2O/c1-2-14-13-8-15-7-12(13)10-16(14)9-11-3-5-17-6-4-11/h11-15H,2-10H2,1H3. The number of nitrogens with one attached hydrogen (secondary N) is 1. The summed E-state index contributed by atoms with van der Waals surface area (Å²) < 4.78 is 5.46. The number of hydrogen-bond acceptors (Lipinski definition) is 3. The van der Waals surface area contributed by atoms with Gasteiger partial charge in [0.15, 0.2) is 0 Å². The summed E-state index contributed by atoms with van der Waals surface area (Å²) in [7, 11) is 0. The Labute approximate surface area is 105 Å². The van der Waals surface area contributed by atoms with Gasteiger partial charge < -0.3 is 10.1 Å². The third-order valence-electron chi connectivity index (χ3n) is 5.08. The van der Waals surface area contributed by atoms with Crippen LogP contribution in [0.4, 0.5) is 0 Å². The van der Waals surface area contributed by atoms with Gasteiger partial charge in [0.1, 0.15) is 0 Å². The van der Waals surface area contributed by atoms with Crippen molar-refractivity contribution in [3.63, 3.8) is 0 Å². The highest BCUT2D eigenvalue weighted by Crippen LogP contribution is 2.35. The second-order valence-corrected chi connectivity index (χ2v) is 6.07. The summed E-state index contributed by atoms with van der Waals surface area (Å²) in [6.07, 6.45) is 3.88. The van der Waals surface area contributed by atoms with E-state index in [9.17, 15) is 0 Å². The summed E-state index contributed by atoms with van der Waals surface area (Å²) >= 11 is 0. The molecule has 1 N–H and O–H groups in total. The summed E-state index contributed by atoms with van der Waals surface area (Å²) in [6.45, 7) is 9.52. The minimum Gasteiger partial charge on any atom is -0.381 e. The lowest BCUT2D eigenvalue weighted by atomic mass is 9.92. The third-order valence-corrected chi connectivity index (χ3v) is 5.08. The molecule has 3 heterocycles. The van der Waals surface area contributed by atoms with Gasteiger partial charge in [-0.15, -0.1) is 0 Å². The Bertz CT molecular complexity index is 253. The van der Waals surface area contributed by atoms with Gasteiger partial charge in [-0.05, 0) is 50.1 Å². The molecule has 3 aliphatic rings. The number of rotatable bonds is 3. The highest BCUT2D eigenvalue weighted by molar-refractivity contribution is 4.98. The fraction of sp³-hybridized carbons (Fsp3) is 1.00. The van der Waals surface area contributed by atoms with Gasteiger partial charge in [-0.2, -0.15) is 0 Å². The maximum absolute atomic E-state index is 5.46. The molecule has 3 rings (SSSR count). The third kappa shape index (κ3) is 2.38. The molecule has 0 aromatic carbocycles. The van der Waals surface area contributed by atoms with E-state index >= 15 is 0 Å². The zero-order chi connectivity index (χ0) is 11.7. The normalized spacial score (nSPS) is 39.7. The summed E-state index contributed by atoms with van der Waals surface area (Å²) in [5.74, 6) is 2.75. The van der Waals surface area contributed by atoms with Crippen molar-refractivity contribution in [1.82, 2.24) is 10.2 Å². The first-order valence-electron chi connectivity index (χ1n) is 7.41. The quantitative estimate of drug-likeness (QED) is 0.803. The molecular weight excluding hydrogens is 212 g/mol. The van der Waals surface area contributed by atoms with E-state index in [1.807, 2.05) is 0 Å². The molecule has 0 aromatic heterocycles. The molecule has 3 saturated heterocycles. The van der Waals surface area contributed by atoms with E-state index in [0.29, 0.717) is 0 Å². The van der Waals surface area contributed by atoms with Gasteiger partial charge in [-0.25, -0.2) is 0 Å². The molecule has 0 aromatic rings. The van der Waals surface area contributed by atoms with Crippen LogP contribution in [0.15, 0.2) is 0 Å². The number of likely N-dealkylation sites (tertiary alicyclic amines) is 1. The molecule has 3 nitrogen and oxygen atoms in total. The van der Waals surface area contributed by atoms with E-state index in [1.54, 1.807) is 0 Å². The lowest BCUT2D eigenvalue weighted by Gasteiger charge is -2.32. The van der Waals surface area contributed by atoms with Crippen molar-refractivity contribution < 1.29 is 4.74 Å². The van der Waals surface area contributed by atoms with Gasteiger partial charge in [0.2, 0.25) is 0 Å². The van der Waals surface area contributed by atoms with Gasteiger partial charge in [0.25, 0.3) is 0 Å². The largest absolute Gasteiger partial charge is 0.381 e. The molecule has 0 bridgehead atoms. The fourth-order valence-corrected chi connectivity index (χ4v) is 4.14. The molecule has 3 aliphatic heterocycles. The van der Waals surface area contributed by atoms with Crippen LogP contribution in [0.1, 0.15) is 26.2 Å². The molecule has 3 atom stereocenters. The molecule has 3 heteroatoms. The number of fused-ring (bicyclic) bond motifs is 1. The van der Waals surface area contributed by atoms with Crippen molar-refractivity contribution in [3.05, 3.63) is 0 Å². The van der Waals surface area contributed by atoms with Crippen molar-refractivity contribution >= 4 is 0 Å². The van der Waals surface area contributed by atoms with Crippen molar-refractivity contribution in [2.45, 2.75) is 32.2 Å². The maximum atomic E-state index is 5.46. The summed E-state index contributed by atoms with van der Waals surface area (Å²) in [5.41, 5.74) is 0. The smallest absolute Gasteiger partial charge is 0.0469 e. The minimum absolute atomic E-state index is 0.845. The van der Waals surface area contributed by atoms with Crippen LogP contribution in [0, 0.1) is 17.8 Å². The molecule has 3 unspecified atom stereocenters. The lowest BCUT2D eigenvalue weighted by molar-refractivity contribution is 0.0485. The zero-order valence-corrected chi connectivity index (χ0v) is 11.0. The summed E-state index contributed by atoms with van der Waals surface area (Å²) in [5, 5.41) is 3.57. The van der Waals surface area contributed by atoms with E-state index < -0.39 is 0 Å². The maximum Gasteiger partial charge on any atom is 0.0469 e. The van der Waals surface area contributed by atoms with Crippen LogP contribution in [0.3, 0.4) is 0 Å². The Morgan fingerprint density at radius 2 is 2.06 bits per heavy atom. The second kappa shape index (κ2) is 5.25. The lowest BCUT2D eigenvalue weighted by Crippen LogP contribution is -2.39. The Hall–Kier alpha value is -0.120. The predicted octanol–water partition coefficient (Wildman–Crippen LogP) is 1.34. The first-order chi connectivity index (χ1) is 8.38. The first-order valence-corrected chi connectivity index (χ1v) is 7.41. The Morgan fingerprint density at radius 3 is 2.82 bits per heavy atom. The van der Waals surface area contributed by atoms with E-state index in [2.05, 4.69) is 17.1 Å². The Kier molecular flexibility index (Phi) is 3.69. The van der Waals surface area contributed by atoms with Gasteiger partial charge in [-0.1, -0.05) is 6.92 Å². The highest BCUT2D eigenvalue weighted by Gasteiger charge is 2.43. The molecule has 17 heavy (non-hydrogen) atoms. The highest BCUT2D eigenvalue weighted by atomic mass is 16.5. The molecule has 0 aliphatic carbocycles. The Morgan fingerprint density at radius 1 is 1.24 bits per heavy atom. The van der Waals surface area contributed by atoms with Gasteiger partial charge in [0.05, 0.1) is 0 Å². The average Bonchev–Trinajstić information content (AvgIpc) is 2.90. The van der Waals surface area contributed by atoms with Crippen molar-refractivity contribution in [2.24, 2.45) is 17.8 Å². The van der Waals surface area contributed by atoms with Gasteiger partial charge in [-0.3, -0.25) is 4.90 Å². The molecule has 98 valence electrons. The van der Waals surface area contributed by atoms with Gasteiger partial charge in [0, 0.05) is 32.3 Å². The van der Waals surface area contributed by atoms with Crippen LogP contribution in [-0.4, -0.2) is 50.3 Å². The molecular formula is C14H26N2O. The predicted molar refractivity (Wildman–Crippen MR) is 69.0 cm³/mol. The first kappa shape index (κ1) is 11.9.